The fourth-order valence-electron chi connectivity index (χ4n) is 2.68. The van der Waals surface area contributed by atoms with Crippen molar-refractivity contribution in [2.75, 3.05) is 11.9 Å². The van der Waals surface area contributed by atoms with E-state index in [0.717, 1.165) is 29.1 Å². The number of fused-ring (bicyclic) bond motifs is 1. The standard InChI is InChI=1S/C19H16N2O2/c1-2-5-14(6-3-1)19(18-12-20-13-22-18)23-16-8-9-17-15(11-16)7-4-10-21-17/h1-9,11-13,19,21H,10H2. The van der Waals surface area contributed by atoms with Gasteiger partial charge in [0.05, 0.1) is 6.20 Å². The Morgan fingerprint density at radius 2 is 2.04 bits per heavy atom. The molecule has 0 saturated carbocycles. The van der Waals surface area contributed by atoms with E-state index in [-0.39, 0.29) is 6.10 Å². The summed E-state index contributed by atoms with van der Waals surface area (Å²) in [6, 6.07) is 16.0. The molecule has 114 valence electrons. The average molecular weight is 304 g/mol. The van der Waals surface area contributed by atoms with Crippen molar-refractivity contribution in [3.63, 3.8) is 0 Å². The predicted octanol–water partition coefficient (Wildman–Crippen LogP) is 4.28. The topological polar surface area (TPSA) is 47.3 Å². The molecule has 1 aliphatic heterocycles. The summed E-state index contributed by atoms with van der Waals surface area (Å²) in [7, 11) is 0. The summed E-state index contributed by atoms with van der Waals surface area (Å²) >= 11 is 0. The van der Waals surface area contributed by atoms with Gasteiger partial charge in [-0.1, -0.05) is 42.5 Å². The zero-order valence-corrected chi connectivity index (χ0v) is 12.5. The molecule has 23 heavy (non-hydrogen) atoms. The van der Waals surface area contributed by atoms with E-state index >= 15 is 0 Å². The maximum absolute atomic E-state index is 6.22. The molecule has 3 aromatic rings. The first kappa shape index (κ1) is 13.6. The number of nitrogens with zero attached hydrogens (tertiary/aromatic N) is 1. The van der Waals surface area contributed by atoms with Gasteiger partial charge in [-0.25, -0.2) is 4.98 Å². The highest BCUT2D eigenvalue weighted by molar-refractivity contribution is 5.71. The second-order valence-corrected chi connectivity index (χ2v) is 5.34. The highest BCUT2D eigenvalue weighted by Gasteiger charge is 2.20. The highest BCUT2D eigenvalue weighted by Crippen LogP contribution is 2.31. The SMILES string of the molecule is C1=Cc2cc(OC(c3ccccc3)c3cnco3)ccc2NC1. The Morgan fingerprint density at radius 3 is 2.87 bits per heavy atom. The number of hydrogen-bond acceptors (Lipinski definition) is 4. The van der Waals surface area contributed by atoms with Crippen molar-refractivity contribution in [2.24, 2.45) is 0 Å². The van der Waals surface area contributed by atoms with Gasteiger partial charge in [0, 0.05) is 23.4 Å². The highest BCUT2D eigenvalue weighted by atomic mass is 16.5. The van der Waals surface area contributed by atoms with Crippen molar-refractivity contribution in [1.82, 2.24) is 4.98 Å². The van der Waals surface area contributed by atoms with Crippen LogP contribution in [0.15, 0.2) is 71.6 Å². The van der Waals surface area contributed by atoms with E-state index in [2.05, 4.69) is 22.5 Å². The van der Waals surface area contributed by atoms with Crippen molar-refractivity contribution >= 4 is 11.8 Å². The van der Waals surface area contributed by atoms with E-state index in [0.29, 0.717) is 5.76 Å². The average Bonchev–Trinajstić information content (AvgIpc) is 3.14. The lowest BCUT2D eigenvalue weighted by Crippen LogP contribution is -2.09. The molecular weight excluding hydrogens is 288 g/mol. The van der Waals surface area contributed by atoms with Crippen LogP contribution in [0.1, 0.15) is 23.0 Å². The normalized spacial score (nSPS) is 13.9. The third-order valence-corrected chi connectivity index (χ3v) is 3.80. The summed E-state index contributed by atoms with van der Waals surface area (Å²) in [5.41, 5.74) is 3.27. The predicted molar refractivity (Wildman–Crippen MR) is 89.4 cm³/mol. The molecule has 0 bridgehead atoms. The van der Waals surface area contributed by atoms with Gasteiger partial charge in [-0.05, 0) is 18.2 Å². The summed E-state index contributed by atoms with van der Waals surface area (Å²) < 4.78 is 11.7. The van der Waals surface area contributed by atoms with Crippen molar-refractivity contribution in [3.8, 4) is 5.75 Å². The van der Waals surface area contributed by atoms with Crippen molar-refractivity contribution < 1.29 is 9.15 Å². The molecule has 0 radical (unpaired) electrons. The zero-order chi connectivity index (χ0) is 15.5. The van der Waals surface area contributed by atoms with Gasteiger partial charge in [0.25, 0.3) is 0 Å². The number of nitrogens with one attached hydrogen (secondary N) is 1. The van der Waals surface area contributed by atoms with Crippen LogP contribution in [0.25, 0.3) is 6.08 Å². The van der Waals surface area contributed by atoms with Crippen LogP contribution in [0, 0.1) is 0 Å². The Hall–Kier alpha value is -3.01. The molecule has 0 fully saturated rings. The second-order valence-electron chi connectivity index (χ2n) is 5.34. The van der Waals surface area contributed by atoms with E-state index in [1.807, 2.05) is 48.5 Å². The molecule has 2 heterocycles. The molecule has 4 nitrogen and oxygen atoms in total. The number of ether oxygens (including phenoxy) is 1. The summed E-state index contributed by atoms with van der Waals surface area (Å²) in [6.45, 7) is 0.859. The van der Waals surface area contributed by atoms with Crippen molar-refractivity contribution in [2.45, 2.75) is 6.10 Å². The molecule has 1 atom stereocenters. The van der Waals surface area contributed by atoms with Crippen LogP contribution in [0.3, 0.4) is 0 Å². The zero-order valence-electron chi connectivity index (χ0n) is 12.5. The van der Waals surface area contributed by atoms with Crippen LogP contribution in [-0.2, 0) is 0 Å². The number of hydrogen-bond donors (Lipinski definition) is 1. The summed E-state index contributed by atoms with van der Waals surface area (Å²) in [6.07, 6.45) is 6.99. The Balaban J connectivity index is 1.68. The van der Waals surface area contributed by atoms with Crippen LogP contribution in [0.2, 0.25) is 0 Å². The summed E-state index contributed by atoms with van der Waals surface area (Å²) in [5.74, 6) is 1.48. The number of rotatable bonds is 4. The van der Waals surface area contributed by atoms with Gasteiger partial charge in [-0.3, -0.25) is 0 Å². The fourth-order valence-corrected chi connectivity index (χ4v) is 2.68. The van der Waals surface area contributed by atoms with Crippen LogP contribution < -0.4 is 10.1 Å². The minimum absolute atomic E-state index is 0.322. The van der Waals surface area contributed by atoms with Gasteiger partial charge >= 0.3 is 0 Å². The maximum Gasteiger partial charge on any atom is 0.183 e. The molecule has 1 aromatic heterocycles. The summed E-state index contributed by atoms with van der Waals surface area (Å²) in [5, 5.41) is 3.33. The molecule has 0 spiro atoms. The number of benzene rings is 2. The largest absolute Gasteiger partial charge is 0.478 e. The molecule has 1 N–H and O–H groups in total. The van der Waals surface area contributed by atoms with Crippen LogP contribution in [0.5, 0.6) is 5.75 Å². The van der Waals surface area contributed by atoms with Gasteiger partial charge in [0.15, 0.2) is 18.3 Å². The van der Waals surface area contributed by atoms with Crippen LogP contribution in [0.4, 0.5) is 5.69 Å². The van der Waals surface area contributed by atoms with Crippen molar-refractivity contribution in [1.29, 1.82) is 0 Å². The number of oxazole rings is 1. The Morgan fingerprint density at radius 1 is 1.13 bits per heavy atom. The number of aromatic nitrogens is 1. The monoisotopic (exact) mass is 304 g/mol. The third kappa shape index (κ3) is 2.83. The summed E-state index contributed by atoms with van der Waals surface area (Å²) in [4.78, 5) is 4.01. The third-order valence-electron chi connectivity index (χ3n) is 3.80. The van der Waals surface area contributed by atoms with Gasteiger partial charge in [0.2, 0.25) is 0 Å². The molecular formula is C19H16N2O2. The quantitative estimate of drug-likeness (QED) is 0.781. The lowest BCUT2D eigenvalue weighted by atomic mass is 10.1. The van der Waals surface area contributed by atoms with Gasteiger partial charge in [0.1, 0.15) is 5.75 Å². The Labute approximate surface area is 134 Å². The van der Waals surface area contributed by atoms with Crippen LogP contribution in [-0.4, -0.2) is 11.5 Å². The van der Waals surface area contributed by atoms with Crippen molar-refractivity contribution in [3.05, 3.63) is 84.1 Å². The van der Waals surface area contributed by atoms with Gasteiger partial charge in [-0.2, -0.15) is 0 Å². The van der Waals surface area contributed by atoms with E-state index in [1.165, 1.54) is 6.39 Å². The molecule has 0 saturated heterocycles. The minimum atomic E-state index is -0.322. The van der Waals surface area contributed by atoms with Gasteiger partial charge in [-0.15, -0.1) is 0 Å². The van der Waals surface area contributed by atoms with E-state index < -0.39 is 0 Å². The first-order chi connectivity index (χ1) is 11.4. The first-order valence-electron chi connectivity index (χ1n) is 7.54. The molecule has 0 amide bonds. The molecule has 0 aliphatic carbocycles. The van der Waals surface area contributed by atoms with Crippen LogP contribution >= 0.6 is 0 Å². The lowest BCUT2D eigenvalue weighted by molar-refractivity contribution is 0.215. The fraction of sp³-hybridized carbons (Fsp3) is 0.105. The molecule has 4 heteroatoms. The molecule has 1 unspecified atom stereocenters. The molecule has 2 aromatic carbocycles. The van der Waals surface area contributed by atoms with E-state index in [9.17, 15) is 0 Å². The number of anilines is 1. The molecule has 1 aliphatic rings. The Kier molecular flexibility index (Phi) is 3.56. The first-order valence-corrected chi connectivity index (χ1v) is 7.54. The van der Waals surface area contributed by atoms with Gasteiger partial charge < -0.3 is 14.5 Å². The smallest absolute Gasteiger partial charge is 0.183 e. The Bertz CT molecular complexity index is 811. The second kappa shape index (κ2) is 6.01. The minimum Gasteiger partial charge on any atom is -0.478 e. The van der Waals surface area contributed by atoms with E-state index in [1.54, 1.807) is 6.20 Å². The van der Waals surface area contributed by atoms with E-state index in [4.69, 9.17) is 9.15 Å². The maximum atomic E-state index is 6.22. The lowest BCUT2D eigenvalue weighted by Gasteiger charge is -2.19. The molecule has 4 rings (SSSR count).